The first kappa shape index (κ1) is 18.2. The van der Waals surface area contributed by atoms with E-state index in [0.717, 1.165) is 0 Å². The van der Waals surface area contributed by atoms with E-state index < -0.39 is 48.9 Å². The van der Waals surface area contributed by atoms with Crippen molar-refractivity contribution in [3.8, 4) is 5.75 Å². The van der Waals surface area contributed by atoms with Gasteiger partial charge in [0.2, 0.25) is 6.29 Å². The van der Waals surface area contributed by atoms with Gasteiger partial charge in [0.1, 0.15) is 24.6 Å². The van der Waals surface area contributed by atoms with Crippen LogP contribution in [-0.2, 0) is 33.3 Å². The Balaban J connectivity index is 2.27. The summed E-state index contributed by atoms with van der Waals surface area (Å²) < 4.78 is 35.2. The zero-order chi connectivity index (χ0) is 20.0. The summed E-state index contributed by atoms with van der Waals surface area (Å²) >= 11 is 0. The van der Waals surface area contributed by atoms with Crippen molar-refractivity contribution in [1.82, 2.24) is 0 Å². The Labute approximate surface area is 152 Å². The molecule has 0 amide bonds. The van der Waals surface area contributed by atoms with Crippen LogP contribution in [0.3, 0.4) is 0 Å². The quantitative estimate of drug-likeness (QED) is 0.552. The summed E-state index contributed by atoms with van der Waals surface area (Å²) in [5.74, 6) is -1.42. The second-order valence-electron chi connectivity index (χ2n) is 5.62. The number of hydrogen-bond donors (Lipinski definition) is 0. The van der Waals surface area contributed by atoms with Crippen LogP contribution < -0.4 is 4.74 Å². The maximum Gasteiger partial charge on any atom is 0.303 e. The lowest BCUT2D eigenvalue weighted by Crippen LogP contribution is -2.54. The molecule has 1 aromatic rings. The third kappa shape index (κ3) is 6.03. The van der Waals surface area contributed by atoms with Crippen LogP contribution in [0.25, 0.3) is 0 Å². The minimum Gasteiger partial charge on any atom is -0.465 e. The second-order valence-corrected chi connectivity index (χ2v) is 5.62. The summed E-state index contributed by atoms with van der Waals surface area (Å²) in [7, 11) is 0. The Morgan fingerprint density at radius 1 is 1.08 bits per heavy atom. The lowest BCUT2D eigenvalue weighted by molar-refractivity contribution is -0.245. The van der Waals surface area contributed by atoms with Gasteiger partial charge in [-0.05, 0) is 12.1 Å². The monoisotopic (exact) mass is 367 g/mol. The number of carbonyl (C=O) groups is 3. The predicted molar refractivity (Wildman–Crippen MR) is 88.1 cm³/mol. The van der Waals surface area contributed by atoms with Crippen LogP contribution in [0.5, 0.6) is 5.75 Å². The number of hydrogen-bond acceptors (Lipinski definition) is 8. The SMILES string of the molecule is [2H][C@@H]1[C@H](Oc2ccccc2)O[C@H](COC(C)=O)[C@H](OC(C)=O)[C@@H]1OC(C)=O. The largest absolute Gasteiger partial charge is 0.465 e. The van der Waals surface area contributed by atoms with Gasteiger partial charge in [0.15, 0.2) is 6.10 Å². The number of esters is 3. The highest BCUT2D eigenvalue weighted by molar-refractivity contribution is 5.67. The van der Waals surface area contributed by atoms with Gasteiger partial charge < -0.3 is 23.7 Å². The van der Waals surface area contributed by atoms with Crippen molar-refractivity contribution in [2.45, 2.75) is 51.8 Å². The van der Waals surface area contributed by atoms with Crippen LogP contribution in [-0.4, -0.2) is 49.1 Å². The van der Waals surface area contributed by atoms with E-state index in [1.807, 2.05) is 0 Å². The average molecular weight is 367 g/mol. The standard InChI is InChI=1S/C18H22O8/c1-11(19)22-10-16-18(24-13(3)21)15(23-12(2)20)9-17(26-16)25-14-7-5-4-6-8-14/h4-8,15-18H,9-10H2,1-3H3/t15-,16-,17-,18-/m1/s1/i9D/t9-,15+,16+,17+,18+/m0. The Bertz CT molecular complexity index is 665. The van der Waals surface area contributed by atoms with Crippen molar-refractivity contribution in [3.63, 3.8) is 0 Å². The number of rotatable bonds is 6. The molecular formula is C18H22O8. The summed E-state index contributed by atoms with van der Waals surface area (Å²) in [6.45, 7) is 3.32. The summed E-state index contributed by atoms with van der Waals surface area (Å²) in [6, 6.07) is 8.65. The molecule has 1 heterocycles. The first-order valence-corrected chi connectivity index (χ1v) is 8.05. The predicted octanol–water partition coefficient (Wildman–Crippen LogP) is 1.61. The topological polar surface area (TPSA) is 97.4 Å². The van der Waals surface area contributed by atoms with Gasteiger partial charge in [-0.3, -0.25) is 14.4 Å². The van der Waals surface area contributed by atoms with Crippen molar-refractivity contribution in [3.05, 3.63) is 30.3 Å². The fraction of sp³-hybridized carbons (Fsp3) is 0.500. The van der Waals surface area contributed by atoms with Crippen molar-refractivity contribution in [2.24, 2.45) is 0 Å². The van der Waals surface area contributed by atoms with Crippen LogP contribution in [0, 0.1) is 0 Å². The fourth-order valence-corrected chi connectivity index (χ4v) is 2.44. The Morgan fingerprint density at radius 3 is 2.31 bits per heavy atom. The van der Waals surface area contributed by atoms with Gasteiger partial charge in [0, 0.05) is 22.1 Å². The highest BCUT2D eigenvalue weighted by Gasteiger charge is 2.44. The summed E-state index contributed by atoms with van der Waals surface area (Å²) in [6.07, 6.45) is -5.59. The summed E-state index contributed by atoms with van der Waals surface area (Å²) in [5, 5.41) is 0. The summed E-state index contributed by atoms with van der Waals surface area (Å²) in [4.78, 5) is 34.2. The zero-order valence-electron chi connectivity index (χ0n) is 15.7. The molecule has 1 fully saturated rings. The molecular weight excluding hydrogens is 344 g/mol. The Kier molecular flexibility index (Phi) is 6.43. The first-order valence-electron chi connectivity index (χ1n) is 8.63. The van der Waals surface area contributed by atoms with Crippen molar-refractivity contribution >= 4 is 17.9 Å². The third-order valence-corrected chi connectivity index (χ3v) is 3.40. The normalized spacial score (nSPS) is 28.4. The van der Waals surface area contributed by atoms with Crippen molar-refractivity contribution in [1.29, 1.82) is 0 Å². The van der Waals surface area contributed by atoms with Crippen LogP contribution >= 0.6 is 0 Å². The molecule has 2 rings (SSSR count). The number of para-hydroxylation sites is 1. The maximum absolute atomic E-state index is 11.5. The molecule has 0 aliphatic carbocycles. The van der Waals surface area contributed by atoms with E-state index >= 15 is 0 Å². The van der Waals surface area contributed by atoms with Crippen LogP contribution in [0.1, 0.15) is 28.5 Å². The van der Waals surface area contributed by atoms with Gasteiger partial charge in [0.05, 0.1) is 6.40 Å². The molecule has 0 saturated carbocycles. The number of benzene rings is 1. The van der Waals surface area contributed by atoms with Gasteiger partial charge in [-0.15, -0.1) is 0 Å². The van der Waals surface area contributed by atoms with E-state index in [2.05, 4.69) is 0 Å². The van der Waals surface area contributed by atoms with Gasteiger partial charge in [-0.1, -0.05) is 18.2 Å². The van der Waals surface area contributed by atoms with Crippen LogP contribution in [0.4, 0.5) is 0 Å². The molecule has 8 nitrogen and oxygen atoms in total. The first-order chi connectivity index (χ1) is 12.8. The van der Waals surface area contributed by atoms with Gasteiger partial charge in [-0.25, -0.2) is 0 Å². The minimum atomic E-state index is -1.20. The molecule has 0 N–H and O–H groups in total. The molecule has 1 aromatic carbocycles. The van der Waals surface area contributed by atoms with Crippen LogP contribution in [0.15, 0.2) is 30.3 Å². The highest BCUT2D eigenvalue weighted by atomic mass is 16.7. The molecule has 0 unspecified atom stereocenters. The number of ether oxygens (including phenoxy) is 5. The molecule has 1 saturated heterocycles. The minimum absolute atomic E-state index is 0.258. The molecule has 142 valence electrons. The van der Waals surface area contributed by atoms with E-state index in [1.54, 1.807) is 30.3 Å². The second kappa shape index (κ2) is 9.19. The Morgan fingerprint density at radius 2 is 1.73 bits per heavy atom. The van der Waals surface area contributed by atoms with Crippen molar-refractivity contribution < 1.29 is 39.4 Å². The Hall–Kier alpha value is -2.61. The van der Waals surface area contributed by atoms with E-state index in [4.69, 9.17) is 25.1 Å². The molecule has 5 atom stereocenters. The summed E-state index contributed by atoms with van der Waals surface area (Å²) in [5.41, 5.74) is 0. The average Bonchev–Trinajstić information content (AvgIpc) is 2.59. The smallest absolute Gasteiger partial charge is 0.303 e. The molecule has 8 heteroatoms. The third-order valence-electron chi connectivity index (χ3n) is 3.40. The molecule has 0 spiro atoms. The molecule has 0 bridgehead atoms. The lowest BCUT2D eigenvalue weighted by atomic mass is 10.0. The van der Waals surface area contributed by atoms with E-state index in [9.17, 15) is 14.4 Å². The van der Waals surface area contributed by atoms with Gasteiger partial charge >= 0.3 is 17.9 Å². The molecule has 0 radical (unpaired) electrons. The van der Waals surface area contributed by atoms with Crippen molar-refractivity contribution in [2.75, 3.05) is 6.61 Å². The molecule has 26 heavy (non-hydrogen) atoms. The molecule has 1 aliphatic rings. The van der Waals surface area contributed by atoms with Gasteiger partial charge in [0.25, 0.3) is 0 Å². The zero-order valence-corrected chi connectivity index (χ0v) is 14.7. The van der Waals surface area contributed by atoms with E-state index in [-0.39, 0.29) is 6.61 Å². The highest BCUT2D eigenvalue weighted by Crippen LogP contribution is 2.28. The van der Waals surface area contributed by atoms with E-state index in [0.29, 0.717) is 5.75 Å². The number of carbonyl (C=O) groups excluding carboxylic acids is 3. The fourth-order valence-electron chi connectivity index (χ4n) is 2.44. The molecule has 0 aromatic heterocycles. The van der Waals surface area contributed by atoms with E-state index in [1.165, 1.54) is 20.8 Å². The lowest BCUT2D eigenvalue weighted by Gasteiger charge is -2.39. The molecule has 1 aliphatic heterocycles. The van der Waals surface area contributed by atoms with Gasteiger partial charge in [-0.2, -0.15) is 0 Å². The van der Waals surface area contributed by atoms with Crippen LogP contribution in [0.2, 0.25) is 0 Å². The maximum atomic E-state index is 11.5.